The van der Waals surface area contributed by atoms with Gasteiger partial charge >= 0.3 is 0 Å². The summed E-state index contributed by atoms with van der Waals surface area (Å²) in [6.45, 7) is 4.24. The molecule has 1 saturated heterocycles. The Hall–Kier alpha value is -3.90. The molecule has 2 aromatic heterocycles. The van der Waals surface area contributed by atoms with Crippen molar-refractivity contribution in [2.24, 2.45) is 0 Å². The fourth-order valence-electron chi connectivity index (χ4n) is 4.59. The highest BCUT2D eigenvalue weighted by molar-refractivity contribution is 5.86. The number of hydrogen-bond acceptors (Lipinski definition) is 6. The predicted octanol–water partition coefficient (Wildman–Crippen LogP) is 4.52. The molecular weight excluding hydrogens is 448 g/mol. The molecule has 2 aromatic carbocycles. The van der Waals surface area contributed by atoms with Crippen LogP contribution in [0.15, 0.2) is 42.9 Å². The number of aromatic nitrogens is 4. The van der Waals surface area contributed by atoms with Crippen molar-refractivity contribution in [3.63, 3.8) is 0 Å². The first-order chi connectivity index (χ1) is 17.0. The molecule has 0 bridgehead atoms. The number of imidazole rings is 1. The molecule has 9 heteroatoms. The van der Waals surface area contributed by atoms with Crippen molar-refractivity contribution in [3.8, 4) is 28.6 Å². The van der Waals surface area contributed by atoms with Crippen LogP contribution in [0.5, 0.6) is 0 Å². The van der Waals surface area contributed by atoms with E-state index in [-0.39, 0.29) is 11.1 Å². The van der Waals surface area contributed by atoms with Crippen LogP contribution in [0.25, 0.3) is 33.5 Å². The molecule has 35 heavy (non-hydrogen) atoms. The number of fused-ring (bicyclic) bond motifs is 1. The Morgan fingerprint density at radius 1 is 1.09 bits per heavy atom. The highest BCUT2D eigenvalue weighted by Crippen LogP contribution is 2.35. The maximum atomic E-state index is 15.4. The number of nitriles is 1. The fourth-order valence-corrected chi connectivity index (χ4v) is 4.59. The number of anilines is 1. The van der Waals surface area contributed by atoms with Crippen LogP contribution in [-0.4, -0.2) is 45.7 Å². The second-order valence-corrected chi connectivity index (χ2v) is 8.63. The summed E-state index contributed by atoms with van der Waals surface area (Å²) < 4.78 is 31.8. The third-order valence-corrected chi connectivity index (χ3v) is 6.66. The Kier molecular flexibility index (Phi) is 6.14. The van der Waals surface area contributed by atoms with Gasteiger partial charge in [0.15, 0.2) is 0 Å². The molecule has 3 heterocycles. The van der Waals surface area contributed by atoms with Crippen LogP contribution < -0.4 is 10.2 Å². The molecule has 1 N–H and O–H groups in total. The van der Waals surface area contributed by atoms with Crippen LogP contribution in [-0.2, 0) is 6.54 Å². The monoisotopic (exact) mass is 473 g/mol. The van der Waals surface area contributed by atoms with E-state index in [9.17, 15) is 4.39 Å². The maximum absolute atomic E-state index is 15.4. The first-order valence-corrected chi connectivity index (χ1v) is 11.7. The molecule has 1 aliphatic rings. The van der Waals surface area contributed by atoms with Gasteiger partial charge in [0.2, 0.25) is 0 Å². The van der Waals surface area contributed by atoms with E-state index in [2.05, 4.69) is 20.2 Å². The number of rotatable bonds is 5. The minimum Gasteiger partial charge on any atom is -0.355 e. The van der Waals surface area contributed by atoms with Crippen LogP contribution in [0.3, 0.4) is 0 Å². The van der Waals surface area contributed by atoms with Crippen LogP contribution in [0, 0.1) is 23.0 Å². The average molecular weight is 474 g/mol. The predicted molar refractivity (Wildman–Crippen MR) is 131 cm³/mol. The standard InChI is InChI=1S/C26H25F2N7/c1-3-34-15-32-22-11-19(21(28)12-23(22)34)26-25(16-4-5-17(13-29)20(27)10-16)33-24(14-31-26)35-8-6-18(30-2)7-9-35/h4-5,10-12,14-15,18,30H,3,6-9H2,1-2H3. The molecule has 0 atom stereocenters. The van der Waals surface area contributed by atoms with E-state index in [1.165, 1.54) is 18.2 Å². The molecule has 0 aliphatic carbocycles. The molecule has 0 radical (unpaired) electrons. The zero-order chi connectivity index (χ0) is 24.5. The Morgan fingerprint density at radius 2 is 1.89 bits per heavy atom. The topological polar surface area (TPSA) is 82.7 Å². The molecule has 178 valence electrons. The third-order valence-electron chi connectivity index (χ3n) is 6.66. The summed E-state index contributed by atoms with van der Waals surface area (Å²) in [6, 6.07) is 9.67. The van der Waals surface area contributed by atoms with Gasteiger partial charge in [0.25, 0.3) is 0 Å². The molecule has 0 amide bonds. The second kappa shape index (κ2) is 9.39. The van der Waals surface area contributed by atoms with Gasteiger partial charge in [-0.25, -0.2) is 23.7 Å². The smallest absolute Gasteiger partial charge is 0.147 e. The molecule has 0 unspecified atom stereocenters. The summed E-state index contributed by atoms with van der Waals surface area (Å²) >= 11 is 0. The summed E-state index contributed by atoms with van der Waals surface area (Å²) in [7, 11) is 1.96. The lowest BCUT2D eigenvalue weighted by Crippen LogP contribution is -2.41. The van der Waals surface area contributed by atoms with Gasteiger partial charge in [0.1, 0.15) is 23.5 Å². The molecule has 5 rings (SSSR count). The van der Waals surface area contributed by atoms with Crippen molar-refractivity contribution in [1.82, 2.24) is 24.8 Å². The summed E-state index contributed by atoms with van der Waals surface area (Å²) in [5.74, 6) is -0.463. The minimum absolute atomic E-state index is 0.0637. The van der Waals surface area contributed by atoms with Gasteiger partial charge in [-0.15, -0.1) is 0 Å². The molecule has 7 nitrogen and oxygen atoms in total. The van der Waals surface area contributed by atoms with Crippen LogP contribution in [0.2, 0.25) is 0 Å². The van der Waals surface area contributed by atoms with Gasteiger partial charge in [0.05, 0.1) is 40.5 Å². The van der Waals surface area contributed by atoms with Crippen molar-refractivity contribution in [3.05, 3.63) is 60.1 Å². The van der Waals surface area contributed by atoms with Crippen molar-refractivity contribution < 1.29 is 8.78 Å². The van der Waals surface area contributed by atoms with Crippen LogP contribution in [0.4, 0.5) is 14.6 Å². The highest BCUT2D eigenvalue weighted by atomic mass is 19.1. The van der Waals surface area contributed by atoms with E-state index in [4.69, 9.17) is 10.2 Å². The summed E-state index contributed by atoms with van der Waals surface area (Å²) in [6.07, 6.45) is 5.25. The van der Waals surface area contributed by atoms with Crippen LogP contribution in [0.1, 0.15) is 25.3 Å². The van der Waals surface area contributed by atoms with E-state index >= 15 is 4.39 Å². The number of piperidine rings is 1. The SMILES string of the molecule is CCn1cnc2cc(-c3ncc(N4CCC(NC)CC4)nc3-c3ccc(C#N)c(F)c3)c(F)cc21. The summed E-state index contributed by atoms with van der Waals surface area (Å²) in [5.41, 5.74) is 2.59. The molecule has 1 fully saturated rings. The lowest BCUT2D eigenvalue weighted by Gasteiger charge is -2.32. The number of hydrogen-bond donors (Lipinski definition) is 1. The first kappa shape index (κ1) is 22.9. The maximum Gasteiger partial charge on any atom is 0.147 e. The number of halogens is 2. The quantitative estimate of drug-likeness (QED) is 0.459. The van der Waals surface area contributed by atoms with Gasteiger partial charge < -0.3 is 14.8 Å². The summed E-state index contributed by atoms with van der Waals surface area (Å²) in [5, 5.41) is 12.4. The molecule has 1 aliphatic heterocycles. The molecule has 0 saturated carbocycles. The van der Waals surface area contributed by atoms with E-state index in [1.807, 2.05) is 24.6 Å². The van der Waals surface area contributed by atoms with Gasteiger partial charge in [0, 0.05) is 42.9 Å². The largest absolute Gasteiger partial charge is 0.355 e. The van der Waals surface area contributed by atoms with E-state index in [1.54, 1.807) is 24.7 Å². The van der Waals surface area contributed by atoms with Crippen molar-refractivity contribution in [2.45, 2.75) is 32.4 Å². The van der Waals surface area contributed by atoms with E-state index < -0.39 is 11.6 Å². The van der Waals surface area contributed by atoms with Crippen molar-refractivity contribution in [2.75, 3.05) is 25.0 Å². The lowest BCUT2D eigenvalue weighted by molar-refractivity contribution is 0.440. The Bertz CT molecular complexity index is 1430. The zero-order valence-electron chi connectivity index (χ0n) is 19.6. The molecular formula is C26H25F2N7. The third kappa shape index (κ3) is 4.21. The normalized spacial score (nSPS) is 14.4. The van der Waals surface area contributed by atoms with Gasteiger partial charge in [-0.1, -0.05) is 6.07 Å². The second-order valence-electron chi connectivity index (χ2n) is 8.63. The number of nitrogens with zero attached hydrogens (tertiary/aromatic N) is 6. The number of benzene rings is 2. The van der Waals surface area contributed by atoms with Gasteiger partial charge in [-0.3, -0.25) is 0 Å². The van der Waals surface area contributed by atoms with Crippen molar-refractivity contribution in [1.29, 1.82) is 5.26 Å². The average Bonchev–Trinajstić information content (AvgIpc) is 3.29. The first-order valence-electron chi connectivity index (χ1n) is 11.7. The highest BCUT2D eigenvalue weighted by Gasteiger charge is 2.23. The fraction of sp³-hybridized carbons (Fsp3) is 0.308. The zero-order valence-corrected chi connectivity index (χ0v) is 19.6. The van der Waals surface area contributed by atoms with E-state index in [0.29, 0.717) is 46.4 Å². The lowest BCUT2D eigenvalue weighted by atomic mass is 10.0. The Labute approximate surface area is 202 Å². The number of aryl methyl sites for hydroxylation is 1. The molecule has 0 spiro atoms. The Balaban J connectivity index is 1.65. The van der Waals surface area contributed by atoms with Crippen LogP contribution >= 0.6 is 0 Å². The summed E-state index contributed by atoms with van der Waals surface area (Å²) in [4.78, 5) is 16.0. The Morgan fingerprint density at radius 3 is 2.57 bits per heavy atom. The van der Waals surface area contributed by atoms with Gasteiger partial charge in [-0.05, 0) is 45.0 Å². The number of nitrogens with one attached hydrogen (secondary N) is 1. The van der Waals surface area contributed by atoms with E-state index in [0.717, 1.165) is 25.9 Å². The van der Waals surface area contributed by atoms with Gasteiger partial charge in [-0.2, -0.15) is 5.26 Å². The molecule has 4 aromatic rings. The van der Waals surface area contributed by atoms with Crippen molar-refractivity contribution >= 4 is 16.9 Å². The minimum atomic E-state index is -0.657.